The fourth-order valence-electron chi connectivity index (χ4n) is 1.72. The Morgan fingerprint density at radius 3 is 2.64 bits per heavy atom. The van der Waals surface area contributed by atoms with Crippen molar-refractivity contribution in [1.29, 1.82) is 0 Å². The predicted molar refractivity (Wildman–Crippen MR) is 50.3 cm³/mol. The van der Waals surface area contributed by atoms with Gasteiger partial charge in [0.2, 0.25) is 0 Å². The average Bonchev–Trinajstić information content (AvgIpc) is 2.70. The molecule has 0 aliphatic heterocycles. The Kier molecular flexibility index (Phi) is 1.57. The maximum Gasteiger partial charge on any atom is 0.00172 e. The van der Waals surface area contributed by atoms with E-state index in [1.807, 2.05) is 11.3 Å². The fraction of sp³-hybridized carbons (Fsp3) is 0.600. The Balaban J connectivity index is 2.29. The Bertz CT molecular complexity index is 256. The molecule has 1 heteroatoms. The number of rotatable bonds is 2. The highest BCUT2D eigenvalue weighted by Gasteiger charge is 2.42. The van der Waals surface area contributed by atoms with Crippen molar-refractivity contribution in [2.24, 2.45) is 0 Å². The first-order chi connectivity index (χ1) is 5.27. The zero-order valence-electron chi connectivity index (χ0n) is 7.18. The van der Waals surface area contributed by atoms with Crippen LogP contribution >= 0.6 is 11.3 Å². The minimum Gasteiger partial charge on any atom is -0.149 e. The third-order valence-electron chi connectivity index (χ3n) is 2.87. The molecule has 0 saturated heterocycles. The van der Waals surface area contributed by atoms with Gasteiger partial charge in [0, 0.05) is 4.88 Å². The van der Waals surface area contributed by atoms with Gasteiger partial charge in [0.1, 0.15) is 0 Å². The van der Waals surface area contributed by atoms with E-state index in [-0.39, 0.29) is 0 Å². The molecule has 11 heavy (non-hydrogen) atoms. The van der Waals surface area contributed by atoms with Crippen LogP contribution in [0.3, 0.4) is 0 Å². The molecule has 1 aliphatic carbocycles. The Hall–Kier alpha value is -0.300. The molecule has 1 aromatic heterocycles. The van der Waals surface area contributed by atoms with Crippen molar-refractivity contribution in [3.8, 4) is 0 Å². The highest BCUT2D eigenvalue weighted by molar-refractivity contribution is 7.10. The lowest BCUT2D eigenvalue weighted by Crippen LogP contribution is -2.01. The highest BCUT2D eigenvalue weighted by Crippen LogP contribution is 2.51. The van der Waals surface area contributed by atoms with Crippen molar-refractivity contribution in [2.75, 3.05) is 0 Å². The number of aryl methyl sites for hydroxylation is 1. The van der Waals surface area contributed by atoms with Gasteiger partial charge in [-0.15, -0.1) is 11.3 Å². The number of hydrogen-bond donors (Lipinski definition) is 0. The summed E-state index contributed by atoms with van der Waals surface area (Å²) in [6, 6.07) is 2.36. The van der Waals surface area contributed by atoms with E-state index < -0.39 is 0 Å². The van der Waals surface area contributed by atoms with E-state index in [0.717, 1.165) is 0 Å². The van der Waals surface area contributed by atoms with Crippen LogP contribution in [0.25, 0.3) is 0 Å². The molecular formula is C10H14S. The predicted octanol–water partition coefficient (Wildman–Crippen LogP) is 3.50. The van der Waals surface area contributed by atoms with Crippen LogP contribution in [0.15, 0.2) is 11.4 Å². The van der Waals surface area contributed by atoms with Crippen molar-refractivity contribution in [3.05, 3.63) is 21.9 Å². The molecule has 1 heterocycles. The molecule has 0 radical (unpaired) electrons. The summed E-state index contributed by atoms with van der Waals surface area (Å²) in [6.07, 6.45) is 4.16. The minimum absolute atomic E-state index is 0.616. The number of thiophene rings is 1. The molecular weight excluding hydrogens is 152 g/mol. The van der Waals surface area contributed by atoms with E-state index in [4.69, 9.17) is 0 Å². The molecule has 0 aromatic carbocycles. The summed E-state index contributed by atoms with van der Waals surface area (Å²) in [6.45, 7) is 4.50. The lowest BCUT2D eigenvalue weighted by Gasteiger charge is -2.08. The van der Waals surface area contributed by atoms with Crippen molar-refractivity contribution in [2.45, 2.75) is 38.5 Å². The van der Waals surface area contributed by atoms with Gasteiger partial charge in [-0.05, 0) is 48.6 Å². The largest absolute Gasteiger partial charge is 0.149 e. The standard InChI is InChI=1S/C10H14S/c1-3-10(4-5-10)9-6-8(2)11-7-9/h6-7H,3-5H2,1-2H3. The van der Waals surface area contributed by atoms with E-state index in [2.05, 4.69) is 25.3 Å². The zero-order chi connectivity index (χ0) is 7.90. The molecule has 0 amide bonds. The van der Waals surface area contributed by atoms with E-state index >= 15 is 0 Å². The molecule has 1 fully saturated rings. The average molecular weight is 166 g/mol. The Morgan fingerprint density at radius 1 is 1.55 bits per heavy atom. The first-order valence-electron chi connectivity index (χ1n) is 4.32. The molecule has 60 valence electrons. The maximum atomic E-state index is 2.36. The summed E-state index contributed by atoms with van der Waals surface area (Å²) >= 11 is 1.89. The molecule has 0 bridgehead atoms. The molecule has 1 saturated carbocycles. The van der Waals surface area contributed by atoms with Crippen molar-refractivity contribution >= 4 is 11.3 Å². The van der Waals surface area contributed by atoms with Gasteiger partial charge in [0.15, 0.2) is 0 Å². The van der Waals surface area contributed by atoms with Gasteiger partial charge < -0.3 is 0 Å². The molecule has 1 aromatic rings. The Morgan fingerprint density at radius 2 is 2.27 bits per heavy atom. The van der Waals surface area contributed by atoms with Crippen molar-refractivity contribution in [1.82, 2.24) is 0 Å². The lowest BCUT2D eigenvalue weighted by atomic mass is 9.96. The van der Waals surface area contributed by atoms with E-state index in [1.165, 1.54) is 24.1 Å². The van der Waals surface area contributed by atoms with E-state index in [1.54, 1.807) is 5.56 Å². The summed E-state index contributed by atoms with van der Waals surface area (Å²) in [5.41, 5.74) is 2.22. The van der Waals surface area contributed by atoms with E-state index in [0.29, 0.717) is 5.41 Å². The molecule has 0 nitrogen and oxygen atoms in total. The van der Waals surface area contributed by atoms with Gasteiger partial charge in [-0.1, -0.05) is 6.92 Å². The fourth-order valence-corrected chi connectivity index (χ4v) is 2.54. The summed E-state index contributed by atoms with van der Waals surface area (Å²) in [5.74, 6) is 0. The van der Waals surface area contributed by atoms with Crippen LogP contribution in [0.1, 0.15) is 36.6 Å². The van der Waals surface area contributed by atoms with Crippen LogP contribution in [0, 0.1) is 6.92 Å². The normalized spacial score (nSPS) is 20.2. The SMILES string of the molecule is CCC1(c2csc(C)c2)CC1. The molecule has 0 N–H and O–H groups in total. The topological polar surface area (TPSA) is 0 Å². The molecule has 0 unspecified atom stereocenters. The highest BCUT2D eigenvalue weighted by atomic mass is 32.1. The first kappa shape index (κ1) is 7.35. The first-order valence-corrected chi connectivity index (χ1v) is 5.20. The minimum atomic E-state index is 0.616. The van der Waals surface area contributed by atoms with Crippen LogP contribution in [0.4, 0.5) is 0 Å². The third kappa shape index (κ3) is 1.12. The van der Waals surface area contributed by atoms with Gasteiger partial charge in [-0.3, -0.25) is 0 Å². The second-order valence-electron chi connectivity index (χ2n) is 3.58. The van der Waals surface area contributed by atoms with E-state index in [9.17, 15) is 0 Å². The summed E-state index contributed by atoms with van der Waals surface area (Å²) in [4.78, 5) is 1.46. The molecule has 2 rings (SSSR count). The van der Waals surface area contributed by atoms with Crippen LogP contribution < -0.4 is 0 Å². The summed E-state index contributed by atoms with van der Waals surface area (Å²) in [5, 5.41) is 2.34. The maximum absolute atomic E-state index is 2.36. The quantitative estimate of drug-likeness (QED) is 0.631. The molecule has 0 spiro atoms. The van der Waals surface area contributed by atoms with Gasteiger partial charge in [-0.25, -0.2) is 0 Å². The molecule has 1 aliphatic rings. The van der Waals surface area contributed by atoms with Crippen LogP contribution in [-0.2, 0) is 5.41 Å². The van der Waals surface area contributed by atoms with Crippen LogP contribution in [0.2, 0.25) is 0 Å². The second-order valence-corrected chi connectivity index (χ2v) is 4.70. The second kappa shape index (κ2) is 2.34. The van der Waals surface area contributed by atoms with Crippen molar-refractivity contribution in [3.63, 3.8) is 0 Å². The van der Waals surface area contributed by atoms with Crippen LogP contribution in [-0.4, -0.2) is 0 Å². The molecule has 0 atom stereocenters. The van der Waals surface area contributed by atoms with Crippen molar-refractivity contribution < 1.29 is 0 Å². The van der Waals surface area contributed by atoms with Crippen LogP contribution in [0.5, 0.6) is 0 Å². The monoisotopic (exact) mass is 166 g/mol. The zero-order valence-corrected chi connectivity index (χ0v) is 8.00. The smallest absolute Gasteiger partial charge is 0.00172 e. The summed E-state index contributed by atoms with van der Waals surface area (Å²) in [7, 11) is 0. The lowest BCUT2D eigenvalue weighted by molar-refractivity contribution is 0.667. The number of hydrogen-bond acceptors (Lipinski definition) is 1. The summed E-state index contributed by atoms with van der Waals surface area (Å²) < 4.78 is 0. The Labute approximate surface area is 72.3 Å². The van der Waals surface area contributed by atoms with Gasteiger partial charge in [0.25, 0.3) is 0 Å². The van der Waals surface area contributed by atoms with Gasteiger partial charge >= 0.3 is 0 Å². The third-order valence-corrected chi connectivity index (χ3v) is 3.73. The van der Waals surface area contributed by atoms with Gasteiger partial charge in [0.05, 0.1) is 0 Å². The van der Waals surface area contributed by atoms with Gasteiger partial charge in [-0.2, -0.15) is 0 Å².